The molecule has 10 heteroatoms. The normalized spacial score (nSPS) is 17.4. The first kappa shape index (κ1) is 34.9. The van der Waals surface area contributed by atoms with Crippen molar-refractivity contribution in [1.82, 2.24) is 15.6 Å². The maximum absolute atomic E-state index is 16.0. The van der Waals surface area contributed by atoms with Crippen molar-refractivity contribution in [2.75, 3.05) is 20.8 Å². The highest BCUT2D eigenvalue weighted by atomic mass is 35.5. The first-order chi connectivity index (χ1) is 23.8. The molecule has 2 heterocycles. The standard InChI is InChI=1S/C39H40Cl2FN3O4/c1-48-38-25(22-43-21-23-12-16-27(46)20-23)13-17-31(37(38)42)30-10-4-8-28(35(30)40)29-9-5-11-32(36(29)41)33-18-14-24(39(45-33)49-2)6-3-7-26-15-19-34(47)44-26/h4-5,8-11,13-14,17-18,23,26,43H,3,6-7,12,15-16,19-22H2,1-2H3,(H,44,47)/t23-,26-/m1/s1. The highest BCUT2D eigenvalue weighted by Gasteiger charge is 2.24. The third-order valence-electron chi connectivity index (χ3n) is 9.55. The lowest BCUT2D eigenvalue weighted by Crippen LogP contribution is -2.25. The van der Waals surface area contributed by atoms with E-state index in [1.54, 1.807) is 19.2 Å². The van der Waals surface area contributed by atoms with E-state index in [4.69, 9.17) is 37.7 Å². The molecule has 6 rings (SSSR count). The van der Waals surface area contributed by atoms with Crippen LogP contribution in [0.4, 0.5) is 4.39 Å². The number of halogens is 3. The summed E-state index contributed by atoms with van der Waals surface area (Å²) in [7, 11) is 3.06. The number of amides is 1. The van der Waals surface area contributed by atoms with Gasteiger partial charge in [-0.2, -0.15) is 0 Å². The molecule has 2 atom stereocenters. The van der Waals surface area contributed by atoms with Gasteiger partial charge in [-0.25, -0.2) is 9.37 Å². The monoisotopic (exact) mass is 703 g/mol. The highest BCUT2D eigenvalue weighted by molar-refractivity contribution is 6.39. The van der Waals surface area contributed by atoms with Crippen LogP contribution in [0.2, 0.25) is 10.0 Å². The Morgan fingerprint density at radius 2 is 1.55 bits per heavy atom. The van der Waals surface area contributed by atoms with Gasteiger partial charge in [0.25, 0.3) is 0 Å². The van der Waals surface area contributed by atoms with Crippen LogP contribution in [-0.4, -0.2) is 43.5 Å². The molecule has 256 valence electrons. The molecule has 1 aromatic heterocycles. The number of nitrogens with one attached hydrogen (secondary N) is 2. The minimum atomic E-state index is -0.499. The highest BCUT2D eigenvalue weighted by Crippen LogP contribution is 2.44. The van der Waals surface area contributed by atoms with Gasteiger partial charge in [-0.1, -0.05) is 77.8 Å². The van der Waals surface area contributed by atoms with E-state index in [1.807, 2.05) is 48.5 Å². The molecule has 1 amide bonds. The first-order valence-corrected chi connectivity index (χ1v) is 17.5. The van der Waals surface area contributed by atoms with Gasteiger partial charge in [0.15, 0.2) is 11.6 Å². The number of ketones is 1. The molecule has 49 heavy (non-hydrogen) atoms. The average molecular weight is 705 g/mol. The lowest BCUT2D eigenvalue weighted by atomic mass is 9.95. The molecule has 1 aliphatic carbocycles. The van der Waals surface area contributed by atoms with Gasteiger partial charge >= 0.3 is 0 Å². The Kier molecular flexibility index (Phi) is 11.2. The molecule has 0 spiro atoms. The Hall–Kier alpha value is -3.98. The van der Waals surface area contributed by atoms with Crippen molar-refractivity contribution in [3.63, 3.8) is 0 Å². The number of aromatic nitrogens is 1. The molecular weight excluding hydrogens is 664 g/mol. The van der Waals surface area contributed by atoms with Crippen molar-refractivity contribution in [2.45, 2.75) is 64.0 Å². The third kappa shape index (κ3) is 7.77. The van der Waals surface area contributed by atoms with Crippen molar-refractivity contribution in [3.8, 4) is 45.1 Å². The molecule has 1 saturated carbocycles. The van der Waals surface area contributed by atoms with Crippen LogP contribution in [0.1, 0.15) is 56.1 Å². The molecule has 3 aromatic carbocycles. The van der Waals surface area contributed by atoms with E-state index >= 15 is 4.39 Å². The quantitative estimate of drug-likeness (QED) is 0.145. The van der Waals surface area contributed by atoms with Gasteiger partial charge in [-0.3, -0.25) is 9.59 Å². The number of hydrogen-bond donors (Lipinski definition) is 2. The van der Waals surface area contributed by atoms with E-state index in [1.165, 1.54) is 7.11 Å². The van der Waals surface area contributed by atoms with Crippen LogP contribution in [0.25, 0.3) is 33.5 Å². The summed E-state index contributed by atoms with van der Waals surface area (Å²) in [6.45, 7) is 1.11. The lowest BCUT2D eigenvalue weighted by Gasteiger charge is -2.17. The fourth-order valence-electron chi connectivity index (χ4n) is 6.95. The molecule has 2 aliphatic rings. The zero-order valence-corrected chi connectivity index (χ0v) is 29.2. The molecule has 1 aliphatic heterocycles. The van der Waals surface area contributed by atoms with E-state index < -0.39 is 5.82 Å². The van der Waals surface area contributed by atoms with E-state index in [0.29, 0.717) is 99.1 Å². The maximum Gasteiger partial charge on any atom is 0.220 e. The number of nitrogens with zero attached hydrogens (tertiary/aromatic N) is 1. The van der Waals surface area contributed by atoms with Crippen molar-refractivity contribution in [1.29, 1.82) is 0 Å². The summed E-state index contributed by atoms with van der Waals surface area (Å²) in [4.78, 5) is 27.9. The number of pyridine rings is 1. The van der Waals surface area contributed by atoms with Gasteiger partial charge in [0.2, 0.25) is 11.8 Å². The Labute approximate surface area is 296 Å². The molecular formula is C39H40Cl2FN3O4. The van der Waals surface area contributed by atoms with Gasteiger partial charge in [0.1, 0.15) is 5.78 Å². The summed E-state index contributed by atoms with van der Waals surface area (Å²) in [6.07, 6.45) is 6.20. The topological polar surface area (TPSA) is 89.6 Å². The summed E-state index contributed by atoms with van der Waals surface area (Å²) in [5.74, 6) is 0.935. The number of benzene rings is 3. The predicted octanol–water partition coefficient (Wildman–Crippen LogP) is 8.61. The number of aryl methyl sites for hydroxylation is 1. The van der Waals surface area contributed by atoms with E-state index in [0.717, 1.165) is 37.7 Å². The lowest BCUT2D eigenvalue weighted by molar-refractivity contribution is -0.119. The second-order valence-corrected chi connectivity index (χ2v) is 13.5. The van der Waals surface area contributed by atoms with Crippen LogP contribution < -0.4 is 20.1 Å². The molecule has 4 aromatic rings. The Bertz CT molecular complexity index is 1870. The summed E-state index contributed by atoms with van der Waals surface area (Å²) in [5.41, 5.74) is 5.22. The van der Waals surface area contributed by atoms with E-state index in [9.17, 15) is 9.59 Å². The van der Waals surface area contributed by atoms with Crippen molar-refractivity contribution in [2.24, 2.45) is 5.92 Å². The number of carbonyl (C=O) groups excluding carboxylic acids is 2. The number of Topliss-reactive ketones (excluding diaryl/α,β-unsaturated/α-hetero) is 1. The predicted molar refractivity (Wildman–Crippen MR) is 192 cm³/mol. The second-order valence-electron chi connectivity index (χ2n) is 12.8. The van der Waals surface area contributed by atoms with Crippen molar-refractivity contribution < 1.29 is 23.5 Å². The largest absolute Gasteiger partial charge is 0.493 e. The van der Waals surface area contributed by atoms with Gasteiger partial charge in [0.05, 0.1) is 30.0 Å². The Balaban J connectivity index is 1.23. The molecule has 0 unspecified atom stereocenters. The minimum absolute atomic E-state index is 0.126. The molecule has 0 radical (unpaired) electrons. The average Bonchev–Trinajstić information content (AvgIpc) is 3.72. The number of hydrogen-bond acceptors (Lipinski definition) is 6. The number of methoxy groups -OCH3 is 2. The summed E-state index contributed by atoms with van der Waals surface area (Å²) < 4.78 is 27.2. The number of ether oxygens (including phenoxy) is 2. The van der Waals surface area contributed by atoms with Gasteiger partial charge in [-0.05, 0) is 50.6 Å². The maximum atomic E-state index is 16.0. The Morgan fingerprint density at radius 3 is 2.20 bits per heavy atom. The number of carbonyl (C=O) groups is 2. The van der Waals surface area contributed by atoms with Crippen LogP contribution >= 0.6 is 23.2 Å². The minimum Gasteiger partial charge on any atom is -0.493 e. The molecule has 2 fully saturated rings. The SMILES string of the molecule is COc1nc(-c2cccc(-c3cccc(-c4ccc(CNC[C@@H]5CCC(=O)C5)c(OC)c4F)c3Cl)c2Cl)ccc1CCC[C@@H]1CCC(=O)N1. The zero-order chi connectivity index (χ0) is 34.5. The Morgan fingerprint density at radius 1 is 0.857 bits per heavy atom. The molecule has 7 nitrogen and oxygen atoms in total. The molecule has 0 bridgehead atoms. The first-order valence-electron chi connectivity index (χ1n) is 16.8. The zero-order valence-electron chi connectivity index (χ0n) is 27.7. The van der Waals surface area contributed by atoms with E-state index in [-0.39, 0.29) is 17.7 Å². The van der Waals surface area contributed by atoms with Gasteiger partial charge < -0.3 is 20.1 Å². The summed E-state index contributed by atoms with van der Waals surface area (Å²) >= 11 is 14.1. The van der Waals surface area contributed by atoms with Crippen LogP contribution in [0.3, 0.4) is 0 Å². The fraction of sp³-hybridized carbons (Fsp3) is 0.359. The van der Waals surface area contributed by atoms with Crippen molar-refractivity contribution in [3.05, 3.63) is 87.7 Å². The summed E-state index contributed by atoms with van der Waals surface area (Å²) in [6, 6.07) is 18.9. The fourth-order valence-corrected chi connectivity index (χ4v) is 7.60. The number of rotatable bonds is 13. The molecule has 1 saturated heterocycles. The second kappa shape index (κ2) is 15.7. The molecule has 2 N–H and O–H groups in total. The third-order valence-corrected chi connectivity index (χ3v) is 10.4. The van der Waals surface area contributed by atoms with Gasteiger partial charge in [0, 0.05) is 70.8 Å². The smallest absolute Gasteiger partial charge is 0.220 e. The van der Waals surface area contributed by atoms with Crippen LogP contribution in [0.5, 0.6) is 11.6 Å². The van der Waals surface area contributed by atoms with Crippen LogP contribution in [-0.2, 0) is 22.6 Å². The van der Waals surface area contributed by atoms with Crippen LogP contribution in [0, 0.1) is 11.7 Å². The van der Waals surface area contributed by atoms with Crippen molar-refractivity contribution >= 4 is 34.9 Å². The van der Waals surface area contributed by atoms with Crippen LogP contribution in [0.15, 0.2) is 60.7 Å². The van der Waals surface area contributed by atoms with E-state index in [2.05, 4.69) is 10.6 Å². The summed E-state index contributed by atoms with van der Waals surface area (Å²) in [5, 5.41) is 7.20. The van der Waals surface area contributed by atoms with Gasteiger partial charge in [-0.15, -0.1) is 0 Å².